The Morgan fingerprint density at radius 1 is 1.21 bits per heavy atom. The first kappa shape index (κ1) is 20.0. The molecule has 0 aliphatic heterocycles. The van der Waals surface area contributed by atoms with E-state index in [0.717, 1.165) is 9.78 Å². The molecule has 1 unspecified atom stereocenters. The number of amides is 1. The van der Waals surface area contributed by atoms with E-state index >= 15 is 0 Å². The number of nitrogens with zero attached hydrogens (tertiary/aromatic N) is 2. The summed E-state index contributed by atoms with van der Waals surface area (Å²) in [5.41, 5.74) is 0.638. The number of ether oxygens (including phenoxy) is 2. The van der Waals surface area contributed by atoms with Crippen LogP contribution in [0.4, 0.5) is 5.69 Å². The molecule has 2 heterocycles. The minimum absolute atomic E-state index is 0.131. The van der Waals surface area contributed by atoms with Crippen molar-refractivity contribution in [3.63, 3.8) is 0 Å². The molecule has 3 rings (SSSR count). The first-order chi connectivity index (χ1) is 13.7. The third kappa shape index (κ3) is 5.38. The van der Waals surface area contributed by atoms with Crippen molar-refractivity contribution < 1.29 is 23.6 Å². The molecule has 3 aromatic rings. The summed E-state index contributed by atoms with van der Waals surface area (Å²) in [5, 5.41) is 13.1. The smallest absolute Gasteiger partial charge is 0.279 e. The van der Waals surface area contributed by atoms with Crippen molar-refractivity contribution in [2.45, 2.75) is 6.54 Å². The van der Waals surface area contributed by atoms with E-state index in [2.05, 4.69) is 15.5 Å². The van der Waals surface area contributed by atoms with Gasteiger partial charge in [-0.1, -0.05) is 18.2 Å². The van der Waals surface area contributed by atoms with E-state index in [1.165, 1.54) is 11.3 Å². The average Bonchev–Trinajstić information content (AvgIpc) is 3.38. The summed E-state index contributed by atoms with van der Waals surface area (Å²) in [6, 6.07) is 11.2. The van der Waals surface area contributed by atoms with Gasteiger partial charge in [-0.3, -0.25) is 4.79 Å². The number of methoxy groups -OCH3 is 2. The minimum atomic E-state index is -0.131. The number of carbonyl (C=O) groups is 1. The SMILES string of the molecule is COCC[NH+](CC(=O)Nc1ccccc1OC)Cc1nnc(-c2cccs2)o1. The third-order valence-electron chi connectivity index (χ3n) is 4.05. The second kappa shape index (κ2) is 9.98. The van der Waals surface area contributed by atoms with Crippen LogP contribution in [0.2, 0.25) is 0 Å². The van der Waals surface area contributed by atoms with Gasteiger partial charge in [0.1, 0.15) is 12.3 Å². The Morgan fingerprint density at radius 2 is 2.07 bits per heavy atom. The summed E-state index contributed by atoms with van der Waals surface area (Å²) in [7, 11) is 3.20. The first-order valence-electron chi connectivity index (χ1n) is 8.81. The lowest BCUT2D eigenvalue weighted by molar-refractivity contribution is -0.907. The van der Waals surface area contributed by atoms with Gasteiger partial charge in [0.15, 0.2) is 13.1 Å². The molecule has 0 radical (unpaired) electrons. The van der Waals surface area contributed by atoms with Crippen LogP contribution in [-0.2, 0) is 16.1 Å². The van der Waals surface area contributed by atoms with Crippen molar-refractivity contribution in [1.82, 2.24) is 10.2 Å². The second-order valence-corrected chi connectivity index (χ2v) is 7.02. The van der Waals surface area contributed by atoms with Crippen molar-refractivity contribution in [2.75, 3.05) is 39.2 Å². The normalized spacial score (nSPS) is 11.9. The van der Waals surface area contributed by atoms with Crippen LogP contribution in [-0.4, -0.2) is 50.0 Å². The van der Waals surface area contributed by atoms with Gasteiger partial charge >= 0.3 is 0 Å². The Bertz CT molecular complexity index is 882. The molecule has 0 spiro atoms. The van der Waals surface area contributed by atoms with Gasteiger partial charge in [0.2, 0.25) is 0 Å². The molecule has 0 aliphatic carbocycles. The maximum absolute atomic E-state index is 12.5. The number of nitrogens with one attached hydrogen (secondary N) is 2. The molecule has 2 aromatic heterocycles. The number of aromatic nitrogens is 2. The lowest BCUT2D eigenvalue weighted by atomic mass is 10.3. The highest BCUT2D eigenvalue weighted by Crippen LogP contribution is 2.23. The number of thiophene rings is 1. The van der Waals surface area contributed by atoms with Gasteiger partial charge in [-0.2, -0.15) is 0 Å². The Balaban J connectivity index is 1.64. The fourth-order valence-corrected chi connectivity index (χ4v) is 3.34. The molecule has 0 saturated heterocycles. The van der Waals surface area contributed by atoms with E-state index in [1.54, 1.807) is 26.4 Å². The van der Waals surface area contributed by atoms with Gasteiger partial charge < -0.3 is 24.1 Å². The van der Waals surface area contributed by atoms with Crippen LogP contribution in [0.15, 0.2) is 46.2 Å². The highest BCUT2D eigenvalue weighted by atomic mass is 32.1. The van der Waals surface area contributed by atoms with Crippen LogP contribution in [0.5, 0.6) is 5.75 Å². The van der Waals surface area contributed by atoms with Crippen LogP contribution in [0.3, 0.4) is 0 Å². The topological polar surface area (TPSA) is 90.9 Å². The fraction of sp³-hybridized carbons (Fsp3) is 0.316. The standard InChI is InChI=1S/C19H22N4O4S/c1-25-10-9-23(12-17(24)20-14-6-3-4-7-15(14)26-2)13-18-21-22-19(27-18)16-8-5-11-28-16/h3-8,11H,9-10,12-13H2,1-2H3,(H,20,24)/p+1. The maximum Gasteiger partial charge on any atom is 0.279 e. The summed E-state index contributed by atoms with van der Waals surface area (Å²) in [5.74, 6) is 1.47. The van der Waals surface area contributed by atoms with Crippen molar-refractivity contribution in [3.05, 3.63) is 47.7 Å². The van der Waals surface area contributed by atoms with Crippen molar-refractivity contribution in [2.24, 2.45) is 0 Å². The Kier molecular flexibility index (Phi) is 7.12. The molecule has 148 valence electrons. The van der Waals surface area contributed by atoms with Crippen LogP contribution in [0.25, 0.3) is 10.8 Å². The molecule has 0 fully saturated rings. The van der Waals surface area contributed by atoms with E-state index in [1.807, 2.05) is 29.6 Å². The molecule has 0 saturated carbocycles. The molecule has 8 nitrogen and oxygen atoms in total. The molecule has 0 aliphatic rings. The maximum atomic E-state index is 12.5. The number of hydrogen-bond donors (Lipinski definition) is 2. The lowest BCUT2D eigenvalue weighted by Crippen LogP contribution is -3.12. The largest absolute Gasteiger partial charge is 0.495 e. The van der Waals surface area contributed by atoms with Crippen molar-refractivity contribution in [3.8, 4) is 16.5 Å². The molecule has 0 bridgehead atoms. The van der Waals surface area contributed by atoms with Crippen molar-refractivity contribution >= 4 is 22.9 Å². The molecule has 9 heteroatoms. The number of anilines is 1. The third-order valence-corrected chi connectivity index (χ3v) is 4.91. The van der Waals surface area contributed by atoms with Gasteiger partial charge in [-0.15, -0.1) is 21.5 Å². The van der Waals surface area contributed by atoms with Gasteiger partial charge in [0.25, 0.3) is 17.7 Å². The highest BCUT2D eigenvalue weighted by Gasteiger charge is 2.20. The highest BCUT2D eigenvalue weighted by molar-refractivity contribution is 7.13. The number of rotatable bonds is 10. The predicted molar refractivity (Wildman–Crippen MR) is 106 cm³/mol. The van der Waals surface area contributed by atoms with Gasteiger partial charge in [-0.05, 0) is 23.6 Å². The van der Waals surface area contributed by atoms with E-state index in [4.69, 9.17) is 13.9 Å². The molecule has 2 N–H and O–H groups in total. The Hall–Kier alpha value is -2.75. The van der Waals surface area contributed by atoms with Gasteiger partial charge in [0, 0.05) is 7.11 Å². The molecule has 1 amide bonds. The van der Waals surface area contributed by atoms with E-state index in [0.29, 0.717) is 42.9 Å². The number of para-hydroxylation sites is 2. The summed E-state index contributed by atoms with van der Waals surface area (Å²) in [4.78, 5) is 14.4. The second-order valence-electron chi connectivity index (χ2n) is 6.07. The van der Waals surface area contributed by atoms with E-state index in [9.17, 15) is 4.79 Å². The van der Waals surface area contributed by atoms with Crippen LogP contribution in [0, 0.1) is 0 Å². The van der Waals surface area contributed by atoms with Gasteiger partial charge in [-0.25, -0.2) is 0 Å². The minimum Gasteiger partial charge on any atom is -0.495 e. The molecular weight excluding hydrogens is 380 g/mol. The zero-order valence-electron chi connectivity index (χ0n) is 15.8. The lowest BCUT2D eigenvalue weighted by Gasteiger charge is -2.17. The quantitative estimate of drug-likeness (QED) is 0.533. The van der Waals surface area contributed by atoms with Gasteiger partial charge in [0.05, 0.1) is 24.3 Å². The molecular formula is C19H23N4O4S+. The summed E-state index contributed by atoms with van der Waals surface area (Å²) in [6.45, 7) is 1.81. The van der Waals surface area contributed by atoms with E-state index in [-0.39, 0.29) is 12.5 Å². The molecule has 1 aromatic carbocycles. The van der Waals surface area contributed by atoms with Crippen LogP contribution < -0.4 is 15.0 Å². The summed E-state index contributed by atoms with van der Waals surface area (Å²) >= 11 is 1.54. The number of quaternary nitrogens is 1. The average molecular weight is 403 g/mol. The number of carbonyl (C=O) groups excluding carboxylic acids is 1. The first-order valence-corrected chi connectivity index (χ1v) is 9.69. The van der Waals surface area contributed by atoms with Crippen LogP contribution >= 0.6 is 11.3 Å². The summed E-state index contributed by atoms with van der Waals surface area (Å²) < 4.78 is 16.2. The van der Waals surface area contributed by atoms with Crippen molar-refractivity contribution in [1.29, 1.82) is 0 Å². The zero-order chi connectivity index (χ0) is 19.8. The number of benzene rings is 1. The predicted octanol–water partition coefficient (Wildman–Crippen LogP) is 1.48. The monoisotopic (exact) mass is 403 g/mol. The summed E-state index contributed by atoms with van der Waals surface area (Å²) in [6.07, 6.45) is 0. The fourth-order valence-electron chi connectivity index (χ4n) is 2.69. The Labute approximate surface area is 167 Å². The van der Waals surface area contributed by atoms with Crippen LogP contribution in [0.1, 0.15) is 5.89 Å². The molecule has 1 atom stereocenters. The zero-order valence-corrected chi connectivity index (χ0v) is 16.6. The molecule has 28 heavy (non-hydrogen) atoms. The Morgan fingerprint density at radius 3 is 2.82 bits per heavy atom. The van der Waals surface area contributed by atoms with E-state index < -0.39 is 0 Å². The number of hydrogen-bond acceptors (Lipinski definition) is 7.